The summed E-state index contributed by atoms with van der Waals surface area (Å²) in [5.74, 6) is 1.04. The number of carbonyl (C=O) groups excluding carboxylic acids is 1. The number of hydrogen-bond donors (Lipinski definition) is 1. The number of aliphatic carboxylic acids is 1. The van der Waals surface area contributed by atoms with Crippen molar-refractivity contribution < 1.29 is 14.7 Å². The molecule has 19 heavy (non-hydrogen) atoms. The molecule has 0 aliphatic rings. The Kier molecular flexibility index (Phi) is 6.17. The van der Waals surface area contributed by atoms with E-state index in [1.165, 1.54) is 4.90 Å². The third kappa shape index (κ3) is 5.73. The second kappa shape index (κ2) is 7.93. The van der Waals surface area contributed by atoms with Gasteiger partial charge in [-0.2, -0.15) is 0 Å². The molecule has 0 heterocycles. The zero-order valence-electron chi connectivity index (χ0n) is 10.7. The van der Waals surface area contributed by atoms with Gasteiger partial charge in [0.2, 0.25) is 5.91 Å². The Bertz CT molecular complexity index is 462. The molecule has 0 fully saturated rings. The molecule has 4 heteroatoms. The van der Waals surface area contributed by atoms with Gasteiger partial charge in [-0.3, -0.25) is 9.59 Å². The maximum absolute atomic E-state index is 11.8. The average Bonchev–Trinajstić information content (AvgIpc) is 2.39. The fraction of sp³-hybridized carbons (Fsp3) is 0.333. The van der Waals surface area contributed by atoms with E-state index in [-0.39, 0.29) is 19.0 Å². The van der Waals surface area contributed by atoms with Crippen LogP contribution in [0.15, 0.2) is 30.3 Å². The first kappa shape index (κ1) is 14.8. The summed E-state index contributed by atoms with van der Waals surface area (Å²) in [4.78, 5) is 23.6. The molecule has 0 radical (unpaired) electrons. The van der Waals surface area contributed by atoms with E-state index in [1.54, 1.807) is 0 Å². The molecule has 0 bridgehead atoms. The predicted molar refractivity (Wildman–Crippen MR) is 72.4 cm³/mol. The molecule has 1 N–H and O–H groups in total. The zero-order chi connectivity index (χ0) is 14.1. The number of carbonyl (C=O) groups is 2. The number of carboxylic acid groups (broad SMARTS) is 1. The molecule has 0 aromatic heterocycles. The molecule has 0 saturated carbocycles. The van der Waals surface area contributed by atoms with E-state index < -0.39 is 5.97 Å². The van der Waals surface area contributed by atoms with Gasteiger partial charge in [-0.25, -0.2) is 0 Å². The minimum Gasteiger partial charge on any atom is -0.480 e. The van der Waals surface area contributed by atoms with Gasteiger partial charge in [0.1, 0.15) is 6.54 Å². The molecule has 0 atom stereocenters. The van der Waals surface area contributed by atoms with E-state index in [9.17, 15) is 9.59 Å². The van der Waals surface area contributed by atoms with Crippen LogP contribution in [0, 0.1) is 12.3 Å². The zero-order valence-corrected chi connectivity index (χ0v) is 10.7. The highest BCUT2D eigenvalue weighted by atomic mass is 16.4. The van der Waals surface area contributed by atoms with Gasteiger partial charge in [0.05, 0.1) is 6.54 Å². The Hall–Kier alpha value is -2.28. The van der Waals surface area contributed by atoms with Gasteiger partial charge in [0, 0.05) is 6.42 Å². The predicted octanol–water partition coefficient (Wildman–Crippen LogP) is 1.56. The number of carboxylic acids is 1. The largest absolute Gasteiger partial charge is 0.480 e. The van der Waals surface area contributed by atoms with Gasteiger partial charge in [-0.15, -0.1) is 6.42 Å². The third-order valence-corrected chi connectivity index (χ3v) is 2.66. The number of nitrogens with zero attached hydrogens (tertiary/aromatic N) is 1. The summed E-state index contributed by atoms with van der Waals surface area (Å²) in [7, 11) is 0. The van der Waals surface area contributed by atoms with Crippen molar-refractivity contribution in [1.29, 1.82) is 0 Å². The molecule has 1 aromatic rings. The maximum atomic E-state index is 11.8. The minimum absolute atomic E-state index is 0.0382. The molecule has 0 saturated heterocycles. The topological polar surface area (TPSA) is 57.6 Å². The first-order valence-electron chi connectivity index (χ1n) is 6.10. The van der Waals surface area contributed by atoms with E-state index in [4.69, 9.17) is 11.5 Å². The highest BCUT2D eigenvalue weighted by molar-refractivity contribution is 5.81. The van der Waals surface area contributed by atoms with Gasteiger partial charge in [-0.05, 0) is 18.4 Å². The number of benzene rings is 1. The molecule has 100 valence electrons. The van der Waals surface area contributed by atoms with Crippen LogP contribution in [-0.2, 0) is 16.0 Å². The monoisotopic (exact) mass is 259 g/mol. The van der Waals surface area contributed by atoms with Crippen molar-refractivity contribution in [3.63, 3.8) is 0 Å². The summed E-state index contributed by atoms with van der Waals surface area (Å²) >= 11 is 0. The lowest BCUT2D eigenvalue weighted by Crippen LogP contribution is -2.35. The summed E-state index contributed by atoms with van der Waals surface area (Å²) in [6, 6.07) is 9.84. The Labute approximate surface area is 113 Å². The standard InChI is InChI=1S/C15H17NO3/c1-2-11-16(12-15(18)19)14(17)10-6-9-13-7-4-3-5-8-13/h1,3-5,7-8H,6,9-12H2,(H,18,19). The fourth-order valence-electron chi connectivity index (χ4n) is 1.75. The van der Waals surface area contributed by atoms with Crippen molar-refractivity contribution in [2.75, 3.05) is 13.1 Å². The van der Waals surface area contributed by atoms with E-state index in [1.807, 2.05) is 30.3 Å². The molecule has 0 aliphatic heterocycles. The van der Waals surface area contributed by atoms with E-state index in [2.05, 4.69) is 5.92 Å². The molecular formula is C15H17NO3. The van der Waals surface area contributed by atoms with Crippen molar-refractivity contribution in [3.8, 4) is 12.3 Å². The van der Waals surface area contributed by atoms with Crippen LogP contribution in [0.5, 0.6) is 0 Å². The number of hydrogen-bond acceptors (Lipinski definition) is 2. The van der Waals surface area contributed by atoms with Gasteiger partial charge in [0.25, 0.3) is 0 Å². The Morgan fingerprint density at radius 3 is 2.53 bits per heavy atom. The van der Waals surface area contributed by atoms with Crippen LogP contribution in [-0.4, -0.2) is 35.0 Å². The van der Waals surface area contributed by atoms with E-state index in [0.29, 0.717) is 12.8 Å². The van der Waals surface area contributed by atoms with Crippen molar-refractivity contribution in [1.82, 2.24) is 4.90 Å². The summed E-state index contributed by atoms with van der Waals surface area (Å²) in [5, 5.41) is 8.70. The molecule has 1 rings (SSSR count). The van der Waals surface area contributed by atoms with Crippen LogP contribution < -0.4 is 0 Å². The van der Waals surface area contributed by atoms with Crippen LogP contribution in [0.2, 0.25) is 0 Å². The number of terminal acetylenes is 1. The lowest BCUT2D eigenvalue weighted by Gasteiger charge is -2.17. The quantitative estimate of drug-likeness (QED) is 0.756. The minimum atomic E-state index is -1.05. The summed E-state index contributed by atoms with van der Waals surface area (Å²) < 4.78 is 0. The molecule has 0 spiro atoms. The number of aryl methyl sites for hydroxylation is 1. The lowest BCUT2D eigenvalue weighted by molar-refractivity contribution is -0.144. The molecule has 0 unspecified atom stereocenters. The first-order chi connectivity index (χ1) is 9.13. The van der Waals surface area contributed by atoms with Gasteiger partial charge in [-0.1, -0.05) is 36.3 Å². The number of amides is 1. The van der Waals surface area contributed by atoms with Crippen molar-refractivity contribution in [2.45, 2.75) is 19.3 Å². The van der Waals surface area contributed by atoms with Crippen LogP contribution >= 0.6 is 0 Å². The molecular weight excluding hydrogens is 242 g/mol. The SMILES string of the molecule is C#CCN(CC(=O)O)C(=O)CCCc1ccccc1. The molecule has 0 aliphatic carbocycles. The normalized spacial score (nSPS) is 9.63. The Morgan fingerprint density at radius 1 is 1.26 bits per heavy atom. The summed E-state index contributed by atoms with van der Waals surface area (Å²) in [6.07, 6.45) is 6.91. The second-order valence-corrected chi connectivity index (χ2v) is 4.19. The highest BCUT2D eigenvalue weighted by Crippen LogP contribution is 2.06. The van der Waals surface area contributed by atoms with Crippen LogP contribution in [0.1, 0.15) is 18.4 Å². The van der Waals surface area contributed by atoms with Crippen molar-refractivity contribution >= 4 is 11.9 Å². The first-order valence-corrected chi connectivity index (χ1v) is 6.10. The van der Waals surface area contributed by atoms with Gasteiger partial charge < -0.3 is 10.0 Å². The van der Waals surface area contributed by atoms with Crippen molar-refractivity contribution in [2.24, 2.45) is 0 Å². The lowest BCUT2D eigenvalue weighted by atomic mass is 10.1. The number of rotatable bonds is 7. The highest BCUT2D eigenvalue weighted by Gasteiger charge is 2.15. The maximum Gasteiger partial charge on any atom is 0.323 e. The van der Waals surface area contributed by atoms with Gasteiger partial charge >= 0.3 is 5.97 Å². The smallest absolute Gasteiger partial charge is 0.323 e. The fourth-order valence-corrected chi connectivity index (χ4v) is 1.75. The van der Waals surface area contributed by atoms with Crippen LogP contribution in [0.25, 0.3) is 0 Å². The van der Waals surface area contributed by atoms with E-state index >= 15 is 0 Å². The second-order valence-electron chi connectivity index (χ2n) is 4.19. The molecule has 1 amide bonds. The Morgan fingerprint density at radius 2 is 1.95 bits per heavy atom. The molecule has 1 aromatic carbocycles. The third-order valence-electron chi connectivity index (χ3n) is 2.66. The van der Waals surface area contributed by atoms with Gasteiger partial charge in [0.15, 0.2) is 0 Å². The van der Waals surface area contributed by atoms with E-state index in [0.717, 1.165) is 12.0 Å². The van der Waals surface area contributed by atoms with Crippen molar-refractivity contribution in [3.05, 3.63) is 35.9 Å². The summed E-state index contributed by atoms with van der Waals surface area (Å²) in [6.45, 7) is -0.301. The van der Waals surface area contributed by atoms with Crippen LogP contribution in [0.4, 0.5) is 0 Å². The molecule has 4 nitrogen and oxygen atoms in total. The Balaban J connectivity index is 2.40. The van der Waals surface area contributed by atoms with Crippen LogP contribution in [0.3, 0.4) is 0 Å². The average molecular weight is 259 g/mol. The summed E-state index contributed by atoms with van der Waals surface area (Å²) in [5.41, 5.74) is 1.16.